The molecule has 21 heavy (non-hydrogen) atoms. The van der Waals surface area contributed by atoms with Crippen LogP contribution in [0, 0.1) is 5.92 Å². The van der Waals surface area contributed by atoms with Gasteiger partial charge in [-0.1, -0.05) is 18.5 Å². The molecule has 116 valence electrons. The van der Waals surface area contributed by atoms with Gasteiger partial charge in [-0.3, -0.25) is 0 Å². The number of aliphatic hydroxyl groups is 1. The summed E-state index contributed by atoms with van der Waals surface area (Å²) in [6, 6.07) is 4.99. The number of aliphatic hydroxyl groups excluding tert-OH is 1. The fraction of sp³-hybridized carbons (Fsp3) is 0.533. The molecule has 1 aromatic rings. The van der Waals surface area contributed by atoms with Gasteiger partial charge < -0.3 is 20.1 Å². The molecule has 2 N–H and O–H groups in total. The summed E-state index contributed by atoms with van der Waals surface area (Å²) >= 11 is 5.99. The number of anilines is 1. The Balaban J connectivity index is 2.04. The third-order valence-electron chi connectivity index (χ3n) is 3.48. The first-order chi connectivity index (χ1) is 10.1. The third-order valence-corrected chi connectivity index (χ3v) is 3.71. The number of carbonyl (C=O) groups is 1. The average molecular weight is 313 g/mol. The fourth-order valence-electron chi connectivity index (χ4n) is 2.30. The van der Waals surface area contributed by atoms with Crippen molar-refractivity contribution in [3.8, 4) is 5.75 Å². The second-order valence-corrected chi connectivity index (χ2v) is 5.64. The topological polar surface area (TPSA) is 61.8 Å². The number of amides is 2. The van der Waals surface area contributed by atoms with Crippen LogP contribution in [0.2, 0.25) is 5.02 Å². The molecular weight excluding hydrogens is 292 g/mol. The van der Waals surface area contributed by atoms with Crippen molar-refractivity contribution in [1.82, 2.24) is 4.90 Å². The first-order valence-electron chi connectivity index (χ1n) is 7.23. The molecule has 0 aromatic heterocycles. The Hall–Kier alpha value is -1.46. The van der Waals surface area contributed by atoms with Gasteiger partial charge in [0.2, 0.25) is 0 Å². The number of nitrogens with one attached hydrogen (secondary N) is 1. The lowest BCUT2D eigenvalue weighted by Gasteiger charge is -2.19. The summed E-state index contributed by atoms with van der Waals surface area (Å²) in [5, 5.41) is 12.5. The van der Waals surface area contributed by atoms with E-state index in [1.807, 2.05) is 6.92 Å². The van der Waals surface area contributed by atoms with E-state index in [4.69, 9.17) is 21.4 Å². The zero-order chi connectivity index (χ0) is 15.2. The van der Waals surface area contributed by atoms with Crippen LogP contribution in [-0.4, -0.2) is 42.3 Å². The Morgan fingerprint density at radius 1 is 1.57 bits per heavy atom. The number of nitrogens with zero attached hydrogens (tertiary/aromatic N) is 1. The molecule has 1 aliphatic rings. The van der Waals surface area contributed by atoms with E-state index in [1.54, 1.807) is 23.1 Å². The van der Waals surface area contributed by atoms with Gasteiger partial charge >= 0.3 is 6.03 Å². The summed E-state index contributed by atoms with van der Waals surface area (Å²) in [4.78, 5) is 13.9. The zero-order valence-corrected chi connectivity index (χ0v) is 12.9. The molecule has 1 atom stereocenters. The lowest BCUT2D eigenvalue weighted by molar-refractivity contribution is 0.208. The van der Waals surface area contributed by atoms with Gasteiger partial charge in [-0.05, 0) is 31.0 Å². The standard InChI is InChI=1S/C15H21ClN2O3/c1-2-7-21-14-4-3-12(16)8-13(14)17-15(20)18-6-5-11(9-18)10-19/h3-4,8,11,19H,2,5-7,9-10H2,1H3,(H,17,20). The summed E-state index contributed by atoms with van der Waals surface area (Å²) in [5.41, 5.74) is 0.577. The number of ether oxygens (including phenoxy) is 1. The van der Waals surface area contributed by atoms with Crippen LogP contribution in [0.3, 0.4) is 0 Å². The number of halogens is 1. The second kappa shape index (κ2) is 7.52. The van der Waals surface area contributed by atoms with Crippen LogP contribution in [0.25, 0.3) is 0 Å². The molecule has 1 saturated heterocycles. The molecule has 0 bridgehead atoms. The molecule has 2 amide bonds. The molecule has 1 aliphatic heterocycles. The van der Waals surface area contributed by atoms with Crippen molar-refractivity contribution >= 4 is 23.3 Å². The van der Waals surface area contributed by atoms with Crippen molar-refractivity contribution in [3.05, 3.63) is 23.2 Å². The maximum Gasteiger partial charge on any atom is 0.321 e. The molecule has 5 nitrogen and oxygen atoms in total. The van der Waals surface area contributed by atoms with Gasteiger partial charge in [-0.2, -0.15) is 0 Å². The lowest BCUT2D eigenvalue weighted by Crippen LogP contribution is -2.33. The van der Waals surface area contributed by atoms with E-state index < -0.39 is 0 Å². The maximum absolute atomic E-state index is 12.2. The van der Waals surface area contributed by atoms with E-state index in [2.05, 4.69) is 5.32 Å². The Bertz CT molecular complexity index is 496. The summed E-state index contributed by atoms with van der Waals surface area (Å²) in [5.74, 6) is 0.790. The number of likely N-dealkylation sites (tertiary alicyclic amines) is 1. The Kier molecular flexibility index (Phi) is 5.70. The van der Waals surface area contributed by atoms with Gasteiger partial charge in [-0.25, -0.2) is 4.79 Å². The minimum Gasteiger partial charge on any atom is -0.491 e. The summed E-state index contributed by atoms with van der Waals surface area (Å²) in [7, 11) is 0. The number of urea groups is 1. The van der Waals surface area contributed by atoms with Gasteiger partial charge in [0.15, 0.2) is 0 Å². The quantitative estimate of drug-likeness (QED) is 0.878. The van der Waals surface area contributed by atoms with Gasteiger partial charge in [0.1, 0.15) is 5.75 Å². The van der Waals surface area contributed by atoms with E-state index in [1.165, 1.54) is 0 Å². The molecular formula is C15H21ClN2O3. The smallest absolute Gasteiger partial charge is 0.321 e. The predicted molar refractivity (Wildman–Crippen MR) is 83.0 cm³/mol. The van der Waals surface area contributed by atoms with Crippen LogP contribution in [0.1, 0.15) is 19.8 Å². The van der Waals surface area contributed by atoms with E-state index in [9.17, 15) is 4.79 Å². The third kappa shape index (κ3) is 4.25. The number of hydrogen-bond donors (Lipinski definition) is 2. The summed E-state index contributed by atoms with van der Waals surface area (Å²) < 4.78 is 5.62. The highest BCUT2D eigenvalue weighted by Crippen LogP contribution is 2.29. The van der Waals surface area contributed by atoms with Crippen molar-refractivity contribution in [2.75, 3.05) is 31.6 Å². The average Bonchev–Trinajstić information content (AvgIpc) is 2.95. The number of carbonyl (C=O) groups excluding carboxylic acids is 1. The fourth-order valence-corrected chi connectivity index (χ4v) is 2.47. The van der Waals surface area contributed by atoms with E-state index in [0.29, 0.717) is 36.2 Å². The second-order valence-electron chi connectivity index (χ2n) is 5.20. The maximum atomic E-state index is 12.2. The van der Waals surface area contributed by atoms with Gasteiger partial charge in [0, 0.05) is 30.6 Å². The highest BCUT2D eigenvalue weighted by molar-refractivity contribution is 6.31. The Morgan fingerprint density at radius 3 is 3.05 bits per heavy atom. The van der Waals surface area contributed by atoms with Crippen molar-refractivity contribution in [2.45, 2.75) is 19.8 Å². The molecule has 0 aliphatic carbocycles. The first kappa shape index (κ1) is 15.9. The van der Waals surface area contributed by atoms with Gasteiger partial charge in [0.05, 0.1) is 12.3 Å². The minimum atomic E-state index is -0.186. The van der Waals surface area contributed by atoms with Crippen LogP contribution in [0.5, 0.6) is 5.75 Å². The van der Waals surface area contributed by atoms with Crippen molar-refractivity contribution in [1.29, 1.82) is 0 Å². The van der Waals surface area contributed by atoms with Crippen LogP contribution in [-0.2, 0) is 0 Å². The minimum absolute atomic E-state index is 0.117. The van der Waals surface area contributed by atoms with Crippen LogP contribution in [0.4, 0.5) is 10.5 Å². The monoisotopic (exact) mass is 312 g/mol. The molecule has 0 spiro atoms. The SMILES string of the molecule is CCCOc1ccc(Cl)cc1NC(=O)N1CCC(CO)C1. The van der Waals surface area contributed by atoms with Crippen LogP contribution in [0.15, 0.2) is 18.2 Å². The molecule has 1 unspecified atom stereocenters. The van der Waals surface area contributed by atoms with Crippen LogP contribution >= 0.6 is 11.6 Å². The molecule has 0 radical (unpaired) electrons. The normalized spacial score (nSPS) is 17.9. The molecule has 6 heteroatoms. The number of hydrogen-bond acceptors (Lipinski definition) is 3. The molecule has 2 rings (SSSR count). The van der Waals surface area contributed by atoms with Crippen molar-refractivity contribution in [2.24, 2.45) is 5.92 Å². The zero-order valence-electron chi connectivity index (χ0n) is 12.1. The Labute approximate surface area is 129 Å². The van der Waals surface area contributed by atoms with E-state index >= 15 is 0 Å². The molecule has 0 saturated carbocycles. The first-order valence-corrected chi connectivity index (χ1v) is 7.61. The Morgan fingerprint density at radius 2 is 2.38 bits per heavy atom. The predicted octanol–water partition coefficient (Wildman–Crippen LogP) is 2.97. The molecule has 1 fully saturated rings. The highest BCUT2D eigenvalue weighted by atomic mass is 35.5. The van der Waals surface area contributed by atoms with Crippen molar-refractivity contribution < 1.29 is 14.6 Å². The largest absolute Gasteiger partial charge is 0.491 e. The van der Waals surface area contributed by atoms with Gasteiger partial charge in [0.25, 0.3) is 0 Å². The van der Waals surface area contributed by atoms with E-state index in [-0.39, 0.29) is 18.6 Å². The summed E-state index contributed by atoms with van der Waals surface area (Å²) in [6.45, 7) is 3.96. The van der Waals surface area contributed by atoms with E-state index in [0.717, 1.165) is 12.8 Å². The molecule has 1 heterocycles. The van der Waals surface area contributed by atoms with Gasteiger partial charge in [-0.15, -0.1) is 0 Å². The summed E-state index contributed by atoms with van der Waals surface area (Å²) in [6.07, 6.45) is 1.72. The lowest BCUT2D eigenvalue weighted by atomic mass is 10.1. The number of rotatable bonds is 5. The highest BCUT2D eigenvalue weighted by Gasteiger charge is 2.26. The van der Waals surface area contributed by atoms with Crippen molar-refractivity contribution in [3.63, 3.8) is 0 Å². The number of benzene rings is 1. The van der Waals surface area contributed by atoms with Crippen LogP contribution < -0.4 is 10.1 Å². The molecule has 1 aromatic carbocycles.